The summed E-state index contributed by atoms with van der Waals surface area (Å²) in [6.07, 6.45) is 3.74. The van der Waals surface area contributed by atoms with E-state index in [4.69, 9.17) is 9.97 Å². The van der Waals surface area contributed by atoms with E-state index in [2.05, 4.69) is 188 Å². The Bertz CT molecular complexity index is 3780. The maximum Gasteiger partial charge on any atom is 0.137 e. The summed E-state index contributed by atoms with van der Waals surface area (Å²) >= 11 is 0. The first-order valence-corrected chi connectivity index (χ1v) is 19.7. The molecule has 0 saturated heterocycles. The number of nitrogens with zero attached hydrogens (tertiary/aromatic N) is 6. The molecule has 6 heterocycles. The second-order valence-corrected chi connectivity index (χ2v) is 15.0. The molecule has 6 aromatic heterocycles. The number of para-hydroxylation sites is 4. The van der Waals surface area contributed by atoms with E-state index >= 15 is 0 Å². The Hall–Kier alpha value is -7.96. The molecule has 0 N–H and O–H groups in total. The molecule has 6 heteroatoms. The third-order valence-electron chi connectivity index (χ3n) is 12.0. The van der Waals surface area contributed by atoms with Gasteiger partial charge in [-0.05, 0) is 91.0 Å². The van der Waals surface area contributed by atoms with Gasteiger partial charge in [0.15, 0.2) is 0 Å². The first-order chi connectivity index (χ1) is 28.8. The van der Waals surface area contributed by atoms with Gasteiger partial charge in [-0.2, -0.15) is 0 Å². The number of pyridine rings is 2. The number of hydrogen-bond donors (Lipinski definition) is 0. The van der Waals surface area contributed by atoms with Gasteiger partial charge >= 0.3 is 0 Å². The van der Waals surface area contributed by atoms with E-state index in [0.29, 0.717) is 0 Å². The van der Waals surface area contributed by atoms with E-state index in [9.17, 15) is 0 Å². The van der Waals surface area contributed by atoms with Crippen LogP contribution < -0.4 is 0 Å². The molecule has 0 bridgehead atoms. The maximum atomic E-state index is 4.89. The van der Waals surface area contributed by atoms with Gasteiger partial charge in [0.25, 0.3) is 0 Å². The lowest BCUT2D eigenvalue weighted by atomic mass is 10.1. The highest BCUT2D eigenvalue weighted by molar-refractivity contribution is 6.26. The zero-order valence-corrected chi connectivity index (χ0v) is 31.2. The summed E-state index contributed by atoms with van der Waals surface area (Å²) in [6, 6.07) is 65.5. The third-order valence-corrected chi connectivity index (χ3v) is 12.0. The Morgan fingerprint density at radius 3 is 1.43 bits per heavy atom. The minimum atomic E-state index is 0.885. The molecule has 270 valence electrons. The normalized spacial score (nSPS) is 12.1. The summed E-state index contributed by atoms with van der Waals surface area (Å²) in [5.41, 5.74) is 11.5. The summed E-state index contributed by atoms with van der Waals surface area (Å²) in [5.74, 6) is 1.78. The number of benzene rings is 7. The van der Waals surface area contributed by atoms with Crippen LogP contribution in [0.2, 0.25) is 0 Å². The Morgan fingerprint density at radius 2 is 0.776 bits per heavy atom. The van der Waals surface area contributed by atoms with Crippen molar-refractivity contribution in [1.29, 1.82) is 0 Å². The second-order valence-electron chi connectivity index (χ2n) is 15.0. The summed E-state index contributed by atoms with van der Waals surface area (Å²) in [6.45, 7) is 0. The predicted molar refractivity (Wildman–Crippen MR) is 239 cm³/mol. The van der Waals surface area contributed by atoms with Crippen LogP contribution in [-0.2, 0) is 0 Å². The van der Waals surface area contributed by atoms with Gasteiger partial charge in [0.05, 0.1) is 44.1 Å². The van der Waals surface area contributed by atoms with Crippen LogP contribution in [0.25, 0.3) is 110 Å². The van der Waals surface area contributed by atoms with Crippen LogP contribution in [-0.4, -0.2) is 28.2 Å². The predicted octanol–water partition coefficient (Wildman–Crippen LogP) is 12.9. The van der Waals surface area contributed by atoms with Crippen molar-refractivity contribution in [3.05, 3.63) is 194 Å². The molecular formula is C52H32N6. The van der Waals surface area contributed by atoms with Crippen LogP contribution in [0, 0.1) is 0 Å². The van der Waals surface area contributed by atoms with Crippen molar-refractivity contribution >= 4 is 87.2 Å². The van der Waals surface area contributed by atoms with Gasteiger partial charge in [-0.1, -0.05) is 91.0 Å². The fourth-order valence-electron chi connectivity index (χ4n) is 9.71. The van der Waals surface area contributed by atoms with Crippen LogP contribution in [0.5, 0.6) is 0 Å². The highest BCUT2D eigenvalue weighted by atomic mass is 15.1. The van der Waals surface area contributed by atoms with Gasteiger partial charge in [0, 0.05) is 66.9 Å². The van der Waals surface area contributed by atoms with Crippen LogP contribution in [0.3, 0.4) is 0 Å². The van der Waals surface area contributed by atoms with Crippen molar-refractivity contribution in [2.75, 3.05) is 0 Å². The first-order valence-electron chi connectivity index (χ1n) is 19.7. The molecule has 13 rings (SSSR count). The molecule has 0 fully saturated rings. The van der Waals surface area contributed by atoms with Gasteiger partial charge in [-0.15, -0.1) is 0 Å². The van der Waals surface area contributed by atoms with Gasteiger partial charge < -0.3 is 9.13 Å². The lowest BCUT2D eigenvalue weighted by Gasteiger charge is -2.11. The monoisotopic (exact) mass is 740 g/mol. The quantitative estimate of drug-likeness (QED) is 0.180. The summed E-state index contributed by atoms with van der Waals surface area (Å²) < 4.78 is 9.50. The van der Waals surface area contributed by atoms with Crippen LogP contribution in [0.15, 0.2) is 194 Å². The SMILES string of the molecule is c1ccc(-n2c3ccccc3c3ccc4c(c5ccccc5n4-c4ccc5c(c4)c4cc6c(cc4n5-c4ccccn4)c4ccccc4n6-c4ccccn4)c32)cc1. The average molecular weight is 741 g/mol. The molecule has 6 nitrogen and oxygen atoms in total. The van der Waals surface area contributed by atoms with Crippen molar-refractivity contribution in [3.8, 4) is 23.0 Å². The average Bonchev–Trinajstić information content (AvgIpc) is 4.01. The zero-order chi connectivity index (χ0) is 37.9. The van der Waals surface area contributed by atoms with Crippen molar-refractivity contribution in [2.24, 2.45) is 0 Å². The number of aromatic nitrogens is 6. The first kappa shape index (κ1) is 31.3. The third kappa shape index (κ3) is 4.20. The van der Waals surface area contributed by atoms with E-state index in [1.54, 1.807) is 0 Å². The Labute approximate surface area is 331 Å². The van der Waals surface area contributed by atoms with Crippen molar-refractivity contribution in [3.63, 3.8) is 0 Å². The molecule has 7 aromatic carbocycles. The number of hydrogen-bond acceptors (Lipinski definition) is 2. The highest BCUT2D eigenvalue weighted by Gasteiger charge is 2.23. The standard InChI is InChI=1S/C52H32N6/c1-2-14-33(15-3-1)56-42-19-7-4-16-35(42)37-25-27-46-51(52(37)56)38-18-6-9-21-44(38)55(46)34-24-26-45-39(30-34)41-32-47-40(31-48(41)58(45)50-23-11-13-29-54-50)36-17-5-8-20-43(36)57(47)49-22-10-12-28-53-49/h1-32H. The second kappa shape index (κ2) is 11.8. The van der Waals surface area contributed by atoms with E-state index in [1.807, 2.05) is 24.5 Å². The lowest BCUT2D eigenvalue weighted by molar-refractivity contribution is 1.08. The smallest absolute Gasteiger partial charge is 0.137 e. The van der Waals surface area contributed by atoms with E-state index in [-0.39, 0.29) is 0 Å². The number of rotatable bonds is 4. The van der Waals surface area contributed by atoms with Crippen LogP contribution in [0.1, 0.15) is 0 Å². The molecule has 0 radical (unpaired) electrons. The van der Waals surface area contributed by atoms with Gasteiger partial charge in [-0.25, -0.2) is 9.97 Å². The highest BCUT2D eigenvalue weighted by Crippen LogP contribution is 2.44. The number of fused-ring (bicyclic) bond motifs is 13. The largest absolute Gasteiger partial charge is 0.309 e. The van der Waals surface area contributed by atoms with Gasteiger partial charge in [-0.3, -0.25) is 9.13 Å². The minimum Gasteiger partial charge on any atom is -0.309 e. The molecule has 13 aromatic rings. The molecule has 0 unspecified atom stereocenters. The topological polar surface area (TPSA) is 45.5 Å². The molecule has 0 spiro atoms. The van der Waals surface area contributed by atoms with Gasteiger partial charge in [0.1, 0.15) is 11.6 Å². The van der Waals surface area contributed by atoms with E-state index in [0.717, 1.165) is 55.8 Å². The van der Waals surface area contributed by atoms with Crippen LogP contribution >= 0.6 is 0 Å². The molecule has 0 saturated carbocycles. The molecular weight excluding hydrogens is 709 g/mol. The van der Waals surface area contributed by atoms with Crippen LogP contribution in [0.4, 0.5) is 0 Å². The van der Waals surface area contributed by atoms with Crippen molar-refractivity contribution in [1.82, 2.24) is 28.2 Å². The fourth-order valence-corrected chi connectivity index (χ4v) is 9.71. The molecule has 0 amide bonds. The molecule has 0 atom stereocenters. The van der Waals surface area contributed by atoms with E-state index in [1.165, 1.54) is 54.4 Å². The molecule has 0 aliphatic carbocycles. The fraction of sp³-hybridized carbons (Fsp3) is 0. The lowest BCUT2D eigenvalue weighted by Crippen LogP contribution is -1.98. The summed E-state index contributed by atoms with van der Waals surface area (Å²) in [7, 11) is 0. The molecule has 58 heavy (non-hydrogen) atoms. The maximum absolute atomic E-state index is 4.89. The van der Waals surface area contributed by atoms with Gasteiger partial charge in [0.2, 0.25) is 0 Å². The zero-order valence-electron chi connectivity index (χ0n) is 31.2. The van der Waals surface area contributed by atoms with Crippen molar-refractivity contribution < 1.29 is 0 Å². The summed E-state index contributed by atoms with van der Waals surface area (Å²) in [5, 5.41) is 9.63. The minimum absolute atomic E-state index is 0.885. The molecule has 0 aliphatic rings. The summed E-state index contributed by atoms with van der Waals surface area (Å²) in [4.78, 5) is 9.72. The van der Waals surface area contributed by atoms with E-state index < -0.39 is 0 Å². The van der Waals surface area contributed by atoms with Crippen molar-refractivity contribution in [2.45, 2.75) is 0 Å². The Morgan fingerprint density at radius 1 is 0.276 bits per heavy atom. The molecule has 0 aliphatic heterocycles. The Balaban J connectivity index is 1.15. The Kier molecular flexibility index (Phi) is 6.35.